The SMILES string of the molecule is O=C(O)Cn1cnc2c(=O)[nH]c(NC(=O)OCC3c4ccccc4-c4ccccc43)nc21. The molecule has 4 aromatic rings. The highest BCUT2D eigenvalue weighted by molar-refractivity contribution is 5.84. The van der Waals surface area contributed by atoms with Gasteiger partial charge in [-0.2, -0.15) is 4.98 Å². The first-order valence-electron chi connectivity index (χ1n) is 9.80. The molecule has 2 aromatic heterocycles. The lowest BCUT2D eigenvalue weighted by Gasteiger charge is -2.14. The molecule has 0 radical (unpaired) electrons. The van der Waals surface area contributed by atoms with Crippen molar-refractivity contribution < 1.29 is 19.4 Å². The largest absolute Gasteiger partial charge is 0.480 e. The number of hydrogen-bond donors (Lipinski definition) is 3. The van der Waals surface area contributed by atoms with Crippen LogP contribution in [0.3, 0.4) is 0 Å². The number of aromatic amines is 1. The lowest BCUT2D eigenvalue weighted by atomic mass is 9.98. The van der Waals surface area contributed by atoms with E-state index in [-0.39, 0.29) is 29.6 Å². The van der Waals surface area contributed by atoms with Gasteiger partial charge in [-0.3, -0.25) is 19.9 Å². The summed E-state index contributed by atoms with van der Waals surface area (Å²) in [5.41, 5.74) is 3.79. The van der Waals surface area contributed by atoms with E-state index in [0.29, 0.717) is 0 Å². The molecular weight excluding hydrogens is 414 g/mol. The Morgan fingerprint density at radius 2 is 1.75 bits per heavy atom. The predicted octanol–water partition coefficient (Wildman–Crippen LogP) is 2.57. The minimum Gasteiger partial charge on any atom is -0.480 e. The zero-order valence-corrected chi connectivity index (χ0v) is 16.6. The monoisotopic (exact) mass is 431 g/mol. The molecule has 0 fully saturated rings. The molecule has 0 spiro atoms. The summed E-state index contributed by atoms with van der Waals surface area (Å²) in [5, 5.41) is 11.4. The summed E-state index contributed by atoms with van der Waals surface area (Å²) in [6, 6.07) is 15.9. The van der Waals surface area contributed by atoms with Crippen molar-refractivity contribution in [1.82, 2.24) is 19.5 Å². The fourth-order valence-electron chi connectivity index (χ4n) is 4.01. The molecule has 1 amide bonds. The normalized spacial score (nSPS) is 12.4. The number of rotatable bonds is 5. The molecule has 160 valence electrons. The Kier molecular flexibility index (Phi) is 4.66. The molecule has 32 heavy (non-hydrogen) atoms. The van der Waals surface area contributed by atoms with E-state index >= 15 is 0 Å². The van der Waals surface area contributed by atoms with Gasteiger partial charge in [-0.25, -0.2) is 9.78 Å². The van der Waals surface area contributed by atoms with Gasteiger partial charge in [0.1, 0.15) is 13.2 Å². The molecule has 2 heterocycles. The third kappa shape index (κ3) is 3.37. The van der Waals surface area contributed by atoms with Crippen molar-refractivity contribution >= 4 is 29.2 Å². The zero-order valence-electron chi connectivity index (χ0n) is 16.6. The van der Waals surface area contributed by atoms with E-state index in [1.54, 1.807) is 0 Å². The summed E-state index contributed by atoms with van der Waals surface area (Å²) in [4.78, 5) is 46.0. The van der Waals surface area contributed by atoms with Gasteiger partial charge in [0, 0.05) is 5.92 Å². The number of imidazole rings is 1. The number of carboxylic acids is 1. The van der Waals surface area contributed by atoms with Crippen LogP contribution < -0.4 is 10.9 Å². The third-order valence-corrected chi connectivity index (χ3v) is 5.34. The van der Waals surface area contributed by atoms with E-state index in [0.717, 1.165) is 22.3 Å². The number of benzene rings is 2. The van der Waals surface area contributed by atoms with Crippen molar-refractivity contribution in [3.8, 4) is 11.1 Å². The molecule has 10 heteroatoms. The molecule has 0 aliphatic heterocycles. The number of amides is 1. The summed E-state index contributed by atoms with van der Waals surface area (Å²) in [7, 11) is 0. The lowest BCUT2D eigenvalue weighted by Crippen LogP contribution is -2.22. The second-order valence-electron chi connectivity index (χ2n) is 7.30. The molecule has 1 aliphatic rings. The van der Waals surface area contributed by atoms with Crippen molar-refractivity contribution in [3.63, 3.8) is 0 Å². The maximum Gasteiger partial charge on any atom is 0.414 e. The Balaban J connectivity index is 1.34. The average molecular weight is 431 g/mol. The molecule has 1 aliphatic carbocycles. The van der Waals surface area contributed by atoms with Crippen molar-refractivity contribution in [2.45, 2.75) is 12.5 Å². The van der Waals surface area contributed by atoms with E-state index < -0.39 is 24.2 Å². The lowest BCUT2D eigenvalue weighted by molar-refractivity contribution is -0.137. The van der Waals surface area contributed by atoms with E-state index in [1.165, 1.54) is 10.9 Å². The van der Waals surface area contributed by atoms with E-state index in [9.17, 15) is 14.4 Å². The molecule has 0 unspecified atom stereocenters. The molecule has 10 nitrogen and oxygen atoms in total. The molecule has 5 rings (SSSR count). The van der Waals surface area contributed by atoms with Crippen LogP contribution >= 0.6 is 0 Å². The number of nitrogens with one attached hydrogen (secondary N) is 2. The smallest absolute Gasteiger partial charge is 0.414 e. The first-order chi connectivity index (χ1) is 15.5. The number of nitrogens with zero attached hydrogens (tertiary/aromatic N) is 3. The first-order valence-corrected chi connectivity index (χ1v) is 9.80. The summed E-state index contributed by atoms with van der Waals surface area (Å²) >= 11 is 0. The number of aliphatic carboxylic acids is 1. The average Bonchev–Trinajstić information content (AvgIpc) is 3.31. The third-order valence-electron chi connectivity index (χ3n) is 5.34. The van der Waals surface area contributed by atoms with E-state index in [1.807, 2.05) is 48.5 Å². The Bertz CT molecular complexity index is 1380. The van der Waals surface area contributed by atoms with Gasteiger partial charge in [-0.15, -0.1) is 0 Å². The van der Waals surface area contributed by atoms with Crippen molar-refractivity contribution in [2.75, 3.05) is 11.9 Å². The van der Waals surface area contributed by atoms with Gasteiger partial charge in [0.05, 0.1) is 6.33 Å². The molecule has 2 aromatic carbocycles. The summed E-state index contributed by atoms with van der Waals surface area (Å²) in [6.07, 6.45) is 0.414. The van der Waals surface area contributed by atoms with Crippen LogP contribution in [0.25, 0.3) is 22.3 Å². The minimum atomic E-state index is -1.11. The second-order valence-corrected chi connectivity index (χ2v) is 7.30. The van der Waals surface area contributed by atoms with Crippen molar-refractivity contribution in [1.29, 1.82) is 0 Å². The fourth-order valence-corrected chi connectivity index (χ4v) is 4.01. The Morgan fingerprint density at radius 3 is 2.41 bits per heavy atom. The van der Waals surface area contributed by atoms with E-state index in [2.05, 4.69) is 20.3 Å². The number of H-pyrrole nitrogens is 1. The minimum absolute atomic E-state index is 0.0238. The quantitative estimate of drug-likeness (QED) is 0.441. The van der Waals surface area contributed by atoms with Gasteiger partial charge in [-0.1, -0.05) is 48.5 Å². The number of carboxylic acid groups (broad SMARTS) is 1. The van der Waals surface area contributed by atoms with Gasteiger partial charge >= 0.3 is 12.1 Å². The van der Waals surface area contributed by atoms with Gasteiger partial charge in [-0.05, 0) is 22.3 Å². The van der Waals surface area contributed by atoms with Gasteiger partial charge in [0.25, 0.3) is 5.56 Å². The van der Waals surface area contributed by atoms with Crippen LogP contribution in [0.2, 0.25) is 0 Å². The summed E-state index contributed by atoms with van der Waals surface area (Å²) < 4.78 is 6.65. The van der Waals surface area contributed by atoms with Crippen LogP contribution in [0.4, 0.5) is 10.7 Å². The maximum atomic E-state index is 12.4. The standard InChI is InChI=1S/C22H17N5O5/c28-17(29)9-27-11-23-18-19(27)24-21(25-20(18)30)26-22(31)32-10-16-14-7-3-1-5-12(14)13-6-2-4-8-15(13)16/h1-8,11,16H,9-10H2,(H,28,29)(H2,24,25,26,30,31). The number of hydrogen-bond acceptors (Lipinski definition) is 6. The van der Waals surface area contributed by atoms with Crippen LogP contribution in [0, 0.1) is 0 Å². The van der Waals surface area contributed by atoms with Crippen LogP contribution in [-0.2, 0) is 16.1 Å². The fraction of sp³-hybridized carbons (Fsp3) is 0.136. The van der Waals surface area contributed by atoms with Gasteiger partial charge in [0.15, 0.2) is 11.2 Å². The number of aromatic nitrogens is 4. The molecule has 0 atom stereocenters. The van der Waals surface area contributed by atoms with Crippen LogP contribution in [0.5, 0.6) is 0 Å². The van der Waals surface area contributed by atoms with Crippen molar-refractivity contribution in [2.24, 2.45) is 0 Å². The van der Waals surface area contributed by atoms with Crippen LogP contribution in [-0.4, -0.2) is 43.3 Å². The Morgan fingerprint density at radius 1 is 1.09 bits per heavy atom. The predicted molar refractivity (Wildman–Crippen MR) is 114 cm³/mol. The molecule has 0 saturated heterocycles. The molecular formula is C22H17N5O5. The first kappa shape index (κ1) is 19.5. The van der Waals surface area contributed by atoms with Crippen LogP contribution in [0.15, 0.2) is 59.7 Å². The van der Waals surface area contributed by atoms with Crippen molar-refractivity contribution in [3.05, 3.63) is 76.3 Å². The molecule has 3 N–H and O–H groups in total. The highest BCUT2D eigenvalue weighted by atomic mass is 16.5. The van der Waals surface area contributed by atoms with E-state index in [4.69, 9.17) is 9.84 Å². The number of anilines is 1. The molecule has 0 saturated carbocycles. The number of fused-ring (bicyclic) bond motifs is 4. The zero-order chi connectivity index (χ0) is 22.2. The maximum absolute atomic E-state index is 12.4. The summed E-state index contributed by atoms with van der Waals surface area (Å²) in [5.74, 6) is -1.39. The number of carbonyl (C=O) groups excluding carboxylic acids is 1. The number of ether oxygens (including phenoxy) is 1. The Hall–Kier alpha value is -4.47. The highest BCUT2D eigenvalue weighted by Crippen LogP contribution is 2.44. The van der Waals surface area contributed by atoms with Crippen LogP contribution in [0.1, 0.15) is 17.0 Å². The highest BCUT2D eigenvalue weighted by Gasteiger charge is 2.29. The second kappa shape index (κ2) is 7.65. The molecule has 0 bridgehead atoms. The van der Waals surface area contributed by atoms with Gasteiger partial charge < -0.3 is 14.4 Å². The number of carbonyl (C=O) groups is 2. The summed E-state index contributed by atoms with van der Waals surface area (Å²) in [6.45, 7) is -0.319. The topological polar surface area (TPSA) is 139 Å². The van der Waals surface area contributed by atoms with Gasteiger partial charge in [0.2, 0.25) is 5.95 Å². The Labute approximate surface area is 180 Å².